The minimum atomic E-state index is -3.30. The number of benzene rings is 1. The highest BCUT2D eigenvalue weighted by Gasteiger charge is 2.21. The number of anilines is 1. The summed E-state index contributed by atoms with van der Waals surface area (Å²) in [4.78, 5) is 4.64. The molecule has 110 valence electrons. The number of piperazine rings is 1. The highest BCUT2D eigenvalue weighted by atomic mass is 35.5. The van der Waals surface area contributed by atoms with Crippen molar-refractivity contribution in [3.63, 3.8) is 0 Å². The predicted octanol–water partition coefficient (Wildman–Crippen LogP) is 2.05. The smallest absolute Gasteiger partial charge is 0.177 e. The summed E-state index contributed by atoms with van der Waals surface area (Å²) < 4.78 is 23.4. The number of rotatable bonds is 4. The molecule has 0 atom stereocenters. The SMILES string of the molecule is C=CCN1CCN(c2cccc(S(C)(=O)=O)c2Cl)CC1. The van der Waals surface area contributed by atoms with E-state index in [4.69, 9.17) is 11.6 Å². The molecule has 1 fully saturated rings. The Morgan fingerprint density at radius 2 is 1.95 bits per heavy atom. The molecule has 1 aromatic rings. The zero-order valence-electron chi connectivity index (χ0n) is 11.5. The van der Waals surface area contributed by atoms with E-state index in [1.54, 1.807) is 12.1 Å². The summed E-state index contributed by atoms with van der Waals surface area (Å²) in [6.07, 6.45) is 3.08. The van der Waals surface area contributed by atoms with Crippen LogP contribution in [0.1, 0.15) is 0 Å². The fraction of sp³-hybridized carbons (Fsp3) is 0.429. The van der Waals surface area contributed by atoms with Gasteiger partial charge in [-0.05, 0) is 12.1 Å². The molecule has 0 radical (unpaired) electrons. The molecule has 1 aliphatic rings. The van der Waals surface area contributed by atoms with Gasteiger partial charge in [0.2, 0.25) is 0 Å². The van der Waals surface area contributed by atoms with Gasteiger partial charge in [0.25, 0.3) is 0 Å². The second-order valence-electron chi connectivity index (χ2n) is 4.94. The molecule has 1 heterocycles. The van der Waals surface area contributed by atoms with E-state index >= 15 is 0 Å². The molecule has 0 saturated carbocycles. The molecule has 0 amide bonds. The predicted molar refractivity (Wildman–Crippen MR) is 83.4 cm³/mol. The Kier molecular flexibility index (Phi) is 4.73. The topological polar surface area (TPSA) is 40.6 Å². The van der Waals surface area contributed by atoms with Crippen molar-refractivity contribution in [1.29, 1.82) is 0 Å². The Hall–Kier alpha value is -1.04. The van der Waals surface area contributed by atoms with Gasteiger partial charge in [0, 0.05) is 39.0 Å². The van der Waals surface area contributed by atoms with Crippen LogP contribution in [0.5, 0.6) is 0 Å². The summed E-state index contributed by atoms with van der Waals surface area (Å²) in [5.41, 5.74) is 0.799. The average molecular weight is 315 g/mol. The van der Waals surface area contributed by atoms with Crippen molar-refractivity contribution < 1.29 is 8.42 Å². The lowest BCUT2D eigenvalue weighted by Crippen LogP contribution is -2.46. The van der Waals surface area contributed by atoms with Gasteiger partial charge in [-0.2, -0.15) is 0 Å². The normalized spacial score (nSPS) is 17.2. The highest BCUT2D eigenvalue weighted by Crippen LogP contribution is 2.32. The first-order valence-corrected chi connectivity index (χ1v) is 8.77. The van der Waals surface area contributed by atoms with E-state index in [9.17, 15) is 8.42 Å². The molecule has 0 unspecified atom stereocenters. The van der Waals surface area contributed by atoms with Crippen LogP contribution in [0, 0.1) is 0 Å². The minimum Gasteiger partial charge on any atom is -0.368 e. The van der Waals surface area contributed by atoms with Gasteiger partial charge < -0.3 is 4.90 Å². The standard InChI is InChI=1S/C14H19ClN2O2S/c1-3-7-16-8-10-17(11-9-16)12-5-4-6-13(14(12)15)20(2,18)19/h3-6H,1,7-11H2,2H3. The van der Waals surface area contributed by atoms with E-state index in [0.717, 1.165) is 38.4 Å². The Morgan fingerprint density at radius 3 is 2.50 bits per heavy atom. The van der Waals surface area contributed by atoms with Crippen molar-refractivity contribution in [2.24, 2.45) is 0 Å². The number of hydrogen-bond acceptors (Lipinski definition) is 4. The molecule has 0 aromatic heterocycles. The van der Waals surface area contributed by atoms with Gasteiger partial charge in [-0.1, -0.05) is 23.7 Å². The van der Waals surface area contributed by atoms with Crippen LogP contribution in [0.25, 0.3) is 0 Å². The molecule has 2 rings (SSSR count). The fourth-order valence-electron chi connectivity index (χ4n) is 2.38. The molecular formula is C14H19ClN2O2S. The van der Waals surface area contributed by atoms with Crippen molar-refractivity contribution in [3.05, 3.63) is 35.9 Å². The van der Waals surface area contributed by atoms with Crippen molar-refractivity contribution in [2.75, 3.05) is 43.9 Å². The van der Waals surface area contributed by atoms with Crippen molar-refractivity contribution >= 4 is 27.1 Å². The number of halogens is 1. The zero-order chi connectivity index (χ0) is 14.8. The van der Waals surface area contributed by atoms with Gasteiger partial charge in [0.1, 0.15) is 0 Å². The Morgan fingerprint density at radius 1 is 1.30 bits per heavy atom. The van der Waals surface area contributed by atoms with Gasteiger partial charge in [0.15, 0.2) is 9.84 Å². The van der Waals surface area contributed by atoms with Gasteiger partial charge in [-0.3, -0.25) is 4.90 Å². The lowest BCUT2D eigenvalue weighted by Gasteiger charge is -2.36. The summed E-state index contributed by atoms with van der Waals surface area (Å²) in [5.74, 6) is 0. The summed E-state index contributed by atoms with van der Waals surface area (Å²) >= 11 is 6.27. The van der Waals surface area contributed by atoms with Gasteiger partial charge >= 0.3 is 0 Å². The lowest BCUT2D eigenvalue weighted by atomic mass is 10.2. The molecule has 1 aliphatic heterocycles. The van der Waals surface area contributed by atoms with Gasteiger partial charge in [0.05, 0.1) is 15.6 Å². The molecule has 4 nitrogen and oxygen atoms in total. The second kappa shape index (κ2) is 6.16. The quantitative estimate of drug-likeness (QED) is 0.798. The van der Waals surface area contributed by atoms with Crippen LogP contribution in [-0.4, -0.2) is 52.3 Å². The molecular weight excluding hydrogens is 296 g/mol. The van der Waals surface area contributed by atoms with E-state index in [2.05, 4.69) is 16.4 Å². The van der Waals surface area contributed by atoms with E-state index in [1.165, 1.54) is 6.26 Å². The lowest BCUT2D eigenvalue weighted by molar-refractivity contribution is 0.284. The van der Waals surface area contributed by atoms with Crippen LogP contribution in [-0.2, 0) is 9.84 Å². The average Bonchev–Trinajstić information content (AvgIpc) is 2.39. The first-order valence-electron chi connectivity index (χ1n) is 6.50. The van der Waals surface area contributed by atoms with Crippen molar-refractivity contribution in [2.45, 2.75) is 4.90 Å². The molecule has 1 aromatic carbocycles. The van der Waals surface area contributed by atoms with Crippen LogP contribution in [0.4, 0.5) is 5.69 Å². The van der Waals surface area contributed by atoms with Crippen LogP contribution in [0.2, 0.25) is 5.02 Å². The van der Waals surface area contributed by atoms with Crippen LogP contribution < -0.4 is 4.90 Å². The molecule has 0 spiro atoms. The molecule has 0 N–H and O–H groups in total. The Bertz CT molecular complexity index is 593. The Labute approximate surface area is 125 Å². The van der Waals surface area contributed by atoms with Crippen molar-refractivity contribution in [3.8, 4) is 0 Å². The number of nitrogens with zero attached hydrogens (tertiary/aromatic N) is 2. The maximum absolute atomic E-state index is 11.7. The first-order chi connectivity index (χ1) is 9.43. The maximum Gasteiger partial charge on any atom is 0.177 e. The monoisotopic (exact) mass is 314 g/mol. The molecule has 1 saturated heterocycles. The molecule has 0 bridgehead atoms. The number of hydrogen-bond donors (Lipinski definition) is 0. The summed E-state index contributed by atoms with van der Waals surface area (Å²) in [7, 11) is -3.30. The summed E-state index contributed by atoms with van der Waals surface area (Å²) in [5, 5.41) is 0.326. The third-order valence-electron chi connectivity index (χ3n) is 3.44. The van der Waals surface area contributed by atoms with Crippen LogP contribution in [0.3, 0.4) is 0 Å². The van der Waals surface area contributed by atoms with E-state index in [0.29, 0.717) is 5.02 Å². The van der Waals surface area contributed by atoms with E-state index in [1.807, 2.05) is 12.1 Å². The highest BCUT2D eigenvalue weighted by molar-refractivity contribution is 7.90. The maximum atomic E-state index is 11.7. The molecule has 20 heavy (non-hydrogen) atoms. The number of sulfone groups is 1. The van der Waals surface area contributed by atoms with Crippen LogP contribution >= 0.6 is 11.6 Å². The van der Waals surface area contributed by atoms with E-state index in [-0.39, 0.29) is 4.90 Å². The van der Waals surface area contributed by atoms with Crippen molar-refractivity contribution in [1.82, 2.24) is 4.90 Å². The Balaban J connectivity index is 2.21. The fourth-order valence-corrected chi connectivity index (χ4v) is 3.81. The first kappa shape index (κ1) is 15.4. The molecule has 0 aliphatic carbocycles. The second-order valence-corrected chi connectivity index (χ2v) is 7.30. The van der Waals surface area contributed by atoms with Crippen LogP contribution in [0.15, 0.2) is 35.7 Å². The van der Waals surface area contributed by atoms with E-state index < -0.39 is 9.84 Å². The summed E-state index contributed by atoms with van der Waals surface area (Å²) in [6, 6.07) is 5.17. The van der Waals surface area contributed by atoms with Gasteiger partial charge in [-0.25, -0.2) is 8.42 Å². The third kappa shape index (κ3) is 3.34. The molecule has 6 heteroatoms. The van der Waals surface area contributed by atoms with Gasteiger partial charge in [-0.15, -0.1) is 6.58 Å². The zero-order valence-corrected chi connectivity index (χ0v) is 13.1. The largest absolute Gasteiger partial charge is 0.368 e. The minimum absolute atomic E-state index is 0.199. The third-order valence-corrected chi connectivity index (χ3v) is 5.09. The summed E-state index contributed by atoms with van der Waals surface area (Å²) in [6.45, 7) is 8.13.